The zero-order valence-corrected chi connectivity index (χ0v) is 38.8. The molecule has 1 saturated heterocycles. The summed E-state index contributed by atoms with van der Waals surface area (Å²) < 4.78 is 5.87. The first-order valence-corrected chi connectivity index (χ1v) is 22.3. The molecule has 10 aromatic rings. The number of carbonyl (C=O) groups is 1. The Morgan fingerprint density at radius 3 is 1.48 bits per heavy atom. The first-order valence-electron chi connectivity index (χ1n) is 22.3. The number of rotatable bonds is 10. The molecule has 0 aliphatic carbocycles. The zero-order chi connectivity index (χ0) is 44.2. The van der Waals surface area contributed by atoms with Gasteiger partial charge in [0.05, 0.1) is 11.0 Å². The molecule has 0 amide bonds. The van der Waals surface area contributed by atoms with Gasteiger partial charge in [0.1, 0.15) is 6.61 Å². The van der Waals surface area contributed by atoms with Gasteiger partial charge in [-0.1, -0.05) is 169 Å². The van der Waals surface area contributed by atoms with Crippen LogP contribution in [-0.2, 0) is 36.2 Å². The monoisotopic (exact) mass is 1040 g/mol. The molecule has 0 unspecified atom stereocenters. The summed E-state index contributed by atoms with van der Waals surface area (Å²) >= 11 is 0. The summed E-state index contributed by atoms with van der Waals surface area (Å²) in [5.74, 6) is -0.374. The first kappa shape index (κ1) is 43.1. The molecule has 0 spiro atoms. The Labute approximate surface area is 404 Å². The summed E-state index contributed by atoms with van der Waals surface area (Å²) in [6.07, 6.45) is 3.30. The van der Waals surface area contributed by atoms with Crippen LogP contribution in [0.2, 0.25) is 0 Å². The third kappa shape index (κ3) is 9.23. The molecule has 0 radical (unpaired) electrons. The quantitative estimate of drug-likeness (QED) is 0.0778. The van der Waals surface area contributed by atoms with Crippen molar-refractivity contribution < 1.29 is 29.6 Å². The number of hydrogen-bond acceptors (Lipinski definition) is 4. The van der Waals surface area contributed by atoms with Crippen molar-refractivity contribution >= 4 is 27.8 Å². The molecular formula is C61H42IrN3O2. The maximum atomic E-state index is 13.0. The first-order chi connectivity index (χ1) is 32.6. The van der Waals surface area contributed by atoms with Crippen LogP contribution in [0, 0.1) is 12.1 Å². The molecule has 6 heteroatoms. The maximum Gasteiger partial charge on any atom is 3.00 e. The van der Waals surface area contributed by atoms with Crippen LogP contribution >= 0.6 is 0 Å². The van der Waals surface area contributed by atoms with Crippen molar-refractivity contribution in [1.29, 1.82) is 0 Å². The van der Waals surface area contributed by atoms with Gasteiger partial charge in [-0.05, 0) is 91.4 Å². The van der Waals surface area contributed by atoms with Gasteiger partial charge in [0, 0.05) is 6.08 Å². The second-order valence-electron chi connectivity index (χ2n) is 16.5. The summed E-state index contributed by atoms with van der Waals surface area (Å²) in [7, 11) is 0. The number of para-hydroxylation sites is 2. The van der Waals surface area contributed by atoms with Gasteiger partial charge < -0.3 is 10.1 Å². The fourth-order valence-corrected chi connectivity index (χ4v) is 8.94. The van der Waals surface area contributed by atoms with Crippen molar-refractivity contribution in [3.8, 4) is 78.1 Å². The van der Waals surface area contributed by atoms with Crippen molar-refractivity contribution in [2.75, 3.05) is 6.54 Å². The van der Waals surface area contributed by atoms with E-state index in [1.165, 1.54) is 6.08 Å². The van der Waals surface area contributed by atoms with Crippen molar-refractivity contribution in [3.63, 3.8) is 0 Å². The minimum atomic E-state index is -0.374. The van der Waals surface area contributed by atoms with Crippen LogP contribution in [0.5, 0.6) is 0 Å². The Kier molecular flexibility index (Phi) is 12.5. The van der Waals surface area contributed by atoms with Gasteiger partial charge in [0.25, 0.3) is 0 Å². The van der Waals surface area contributed by atoms with E-state index >= 15 is 0 Å². The van der Waals surface area contributed by atoms with E-state index in [1.807, 2.05) is 54.6 Å². The number of pyridine rings is 2. The Hall–Kier alpha value is -7.76. The summed E-state index contributed by atoms with van der Waals surface area (Å²) in [4.78, 5) is 22.8. The number of hydrogen-bond donors (Lipinski definition) is 0. The predicted octanol–water partition coefficient (Wildman–Crippen LogP) is 15.1. The molecule has 5 nitrogen and oxygen atoms in total. The molecule has 0 bridgehead atoms. The number of nitrogens with zero attached hydrogens (tertiary/aromatic N) is 3. The van der Waals surface area contributed by atoms with E-state index < -0.39 is 0 Å². The normalized spacial score (nSPS) is 12.7. The Morgan fingerprint density at radius 2 is 0.985 bits per heavy atom. The Balaban J connectivity index is 0.00000525. The molecule has 2 aromatic heterocycles. The fraction of sp³-hybridized carbons (Fsp3) is 0.0656. The van der Waals surface area contributed by atoms with Crippen LogP contribution in [0.4, 0.5) is 0 Å². The van der Waals surface area contributed by atoms with Crippen LogP contribution in [-0.4, -0.2) is 22.5 Å². The molecule has 322 valence electrons. The van der Waals surface area contributed by atoms with Gasteiger partial charge in [-0.15, -0.1) is 66.2 Å². The summed E-state index contributed by atoms with van der Waals surface area (Å²) in [6.45, 7) is 0.889. The van der Waals surface area contributed by atoms with Gasteiger partial charge in [0.2, 0.25) is 0 Å². The third-order valence-corrected chi connectivity index (χ3v) is 12.3. The van der Waals surface area contributed by atoms with E-state index in [4.69, 9.17) is 14.7 Å². The summed E-state index contributed by atoms with van der Waals surface area (Å²) in [5, 5.41) is 6.66. The van der Waals surface area contributed by atoms with Crippen molar-refractivity contribution in [2.45, 2.75) is 19.4 Å². The van der Waals surface area contributed by atoms with E-state index in [0.29, 0.717) is 0 Å². The largest absolute Gasteiger partial charge is 3.00 e. The van der Waals surface area contributed by atoms with E-state index in [9.17, 15) is 4.79 Å². The number of benzene rings is 8. The molecular weight excluding hydrogens is 999 g/mol. The standard InChI is InChI=1S/C61H43N3O2.Ir/c65-61(39-51-15-11-35-62-51)66-40-47-14-1-4-16-52(47)48-36-49(55-19-7-5-17-53(55)41-23-27-45(28-24-41)59-33-31-43-12-2-9-21-57(43)63-59)38-50(37-48)56-20-8-6-18-54(56)42-25-29-46(30-26-42)60-34-32-44-13-3-10-22-58(44)64-60;/h1-10,12-14,16-27,29,31-34,36-39H,11,15,35,40H2,(H,62,65);/q-2;+3/p-1. The SMILES string of the molecule is O=C(/C=C1/CCC[N-]1)OCc1ccccc1-c1cc(-c2ccccc2-c2c[c-]c(-c3ccc4ccccc4n3)cc2)cc(-c2ccccc2-c2c[c-]c(-c3ccc4ccccc4n3)cc2)c1.[Ir+3]. The van der Waals surface area contributed by atoms with Crippen LogP contribution in [0.15, 0.2) is 212 Å². The number of aromatic nitrogens is 2. The molecule has 8 aromatic carbocycles. The van der Waals surface area contributed by atoms with E-state index in [1.54, 1.807) is 0 Å². The third-order valence-electron chi connectivity index (χ3n) is 12.3. The number of esters is 1. The molecule has 1 aliphatic rings. The van der Waals surface area contributed by atoms with Crippen LogP contribution in [0.25, 0.3) is 105 Å². The number of fused-ring (bicyclic) bond motifs is 2. The molecule has 1 aliphatic heterocycles. The zero-order valence-electron chi connectivity index (χ0n) is 36.4. The van der Waals surface area contributed by atoms with E-state index in [0.717, 1.165) is 131 Å². The second-order valence-corrected chi connectivity index (χ2v) is 16.5. The van der Waals surface area contributed by atoms with Gasteiger partial charge in [-0.3, -0.25) is 9.97 Å². The second kappa shape index (κ2) is 19.4. The van der Waals surface area contributed by atoms with Crippen LogP contribution < -0.4 is 0 Å². The molecule has 0 N–H and O–H groups in total. The van der Waals surface area contributed by atoms with E-state index in [2.05, 4.69) is 163 Å². The molecule has 11 rings (SSSR count). The van der Waals surface area contributed by atoms with Crippen molar-refractivity contribution in [2.24, 2.45) is 0 Å². The number of carbonyl (C=O) groups excluding carboxylic acids is 1. The van der Waals surface area contributed by atoms with Gasteiger partial charge in [-0.25, -0.2) is 4.79 Å². The Bertz CT molecular complexity index is 3260. The fourth-order valence-electron chi connectivity index (χ4n) is 8.94. The van der Waals surface area contributed by atoms with Crippen LogP contribution in [0.1, 0.15) is 18.4 Å². The van der Waals surface area contributed by atoms with Gasteiger partial charge in [0.15, 0.2) is 0 Å². The van der Waals surface area contributed by atoms with Gasteiger partial charge in [-0.2, -0.15) is 5.70 Å². The molecule has 3 heterocycles. The summed E-state index contributed by atoms with van der Waals surface area (Å²) in [5.41, 5.74) is 17.8. The van der Waals surface area contributed by atoms with Gasteiger partial charge >= 0.3 is 26.1 Å². The number of ether oxygens (including phenoxy) is 1. The topological polar surface area (TPSA) is 66.2 Å². The van der Waals surface area contributed by atoms with E-state index in [-0.39, 0.29) is 32.7 Å². The molecule has 0 atom stereocenters. The Morgan fingerprint density at radius 1 is 0.522 bits per heavy atom. The van der Waals surface area contributed by atoms with Crippen LogP contribution in [0.3, 0.4) is 0 Å². The molecule has 67 heavy (non-hydrogen) atoms. The number of allylic oxidation sites excluding steroid dienone is 1. The molecule has 1 fully saturated rings. The predicted molar refractivity (Wildman–Crippen MR) is 268 cm³/mol. The molecule has 0 saturated carbocycles. The minimum absolute atomic E-state index is 0. The average Bonchev–Trinajstić information content (AvgIpc) is 3.91. The summed E-state index contributed by atoms with van der Waals surface area (Å²) in [6, 6.07) is 76.5. The average molecular weight is 1040 g/mol. The minimum Gasteiger partial charge on any atom is -0.688 e. The van der Waals surface area contributed by atoms with Crippen molar-refractivity contribution in [1.82, 2.24) is 9.97 Å². The van der Waals surface area contributed by atoms with Crippen molar-refractivity contribution in [3.05, 3.63) is 235 Å². The maximum absolute atomic E-state index is 13.0. The smallest absolute Gasteiger partial charge is 0.688 e.